The Morgan fingerprint density at radius 1 is 1.24 bits per heavy atom. The second kappa shape index (κ2) is 8.84. The minimum absolute atomic E-state index is 0.530. The van der Waals surface area contributed by atoms with E-state index in [0.717, 1.165) is 38.6 Å². The van der Waals surface area contributed by atoms with Crippen LogP contribution in [0, 0.1) is 5.92 Å². The first kappa shape index (κ1) is 16.9. The predicted octanol–water partition coefficient (Wildman–Crippen LogP) is 4.12. The van der Waals surface area contributed by atoms with Gasteiger partial charge in [0.25, 0.3) is 0 Å². The summed E-state index contributed by atoms with van der Waals surface area (Å²) in [6, 6.07) is 5.42. The molecule has 0 bridgehead atoms. The van der Waals surface area contributed by atoms with Crippen molar-refractivity contribution in [1.82, 2.24) is 4.90 Å². The van der Waals surface area contributed by atoms with Crippen molar-refractivity contribution in [2.45, 2.75) is 19.8 Å². The molecule has 1 aliphatic heterocycles. The van der Waals surface area contributed by atoms with Gasteiger partial charge in [0.15, 0.2) is 0 Å². The summed E-state index contributed by atoms with van der Waals surface area (Å²) >= 11 is 11.9. The van der Waals surface area contributed by atoms with E-state index in [4.69, 9.17) is 32.7 Å². The van der Waals surface area contributed by atoms with E-state index in [9.17, 15) is 0 Å². The highest BCUT2D eigenvalue weighted by Gasteiger charge is 2.17. The van der Waals surface area contributed by atoms with Gasteiger partial charge >= 0.3 is 0 Å². The smallest absolute Gasteiger partial charge is 0.120 e. The Kier molecular flexibility index (Phi) is 7.11. The molecule has 118 valence electrons. The van der Waals surface area contributed by atoms with Gasteiger partial charge in [-0.2, -0.15) is 0 Å². The second-order valence-electron chi connectivity index (χ2n) is 5.45. The third kappa shape index (κ3) is 5.67. The molecule has 1 saturated heterocycles. The molecule has 0 aromatic heterocycles. The second-order valence-corrected chi connectivity index (χ2v) is 6.27. The zero-order valence-electron chi connectivity index (χ0n) is 12.5. The van der Waals surface area contributed by atoms with E-state index in [1.165, 1.54) is 12.8 Å². The molecule has 0 spiro atoms. The van der Waals surface area contributed by atoms with E-state index in [1.807, 2.05) is 6.07 Å². The van der Waals surface area contributed by atoms with E-state index in [2.05, 4.69) is 11.8 Å². The van der Waals surface area contributed by atoms with Crippen LogP contribution in [0.15, 0.2) is 18.2 Å². The zero-order chi connectivity index (χ0) is 15.1. The van der Waals surface area contributed by atoms with Gasteiger partial charge in [-0.05, 0) is 18.6 Å². The third-order valence-corrected chi connectivity index (χ3v) is 4.43. The molecule has 21 heavy (non-hydrogen) atoms. The Bertz CT molecular complexity index is 436. The van der Waals surface area contributed by atoms with Crippen LogP contribution >= 0.6 is 23.2 Å². The van der Waals surface area contributed by atoms with Crippen molar-refractivity contribution >= 4 is 23.2 Å². The van der Waals surface area contributed by atoms with Crippen LogP contribution < -0.4 is 4.74 Å². The molecule has 1 aromatic carbocycles. The molecule has 1 unspecified atom stereocenters. The highest BCUT2D eigenvalue weighted by atomic mass is 35.5. The molecule has 0 radical (unpaired) electrons. The first-order valence-electron chi connectivity index (χ1n) is 7.57. The molecule has 1 aliphatic rings. The largest absolute Gasteiger partial charge is 0.493 e. The number of halogens is 2. The summed E-state index contributed by atoms with van der Waals surface area (Å²) in [5, 5.41) is 1.09. The fraction of sp³-hybridized carbons (Fsp3) is 0.625. The lowest BCUT2D eigenvalue weighted by molar-refractivity contribution is 0.0258. The van der Waals surface area contributed by atoms with Crippen LogP contribution in [0.3, 0.4) is 0 Å². The van der Waals surface area contributed by atoms with Gasteiger partial charge in [-0.15, -0.1) is 0 Å². The number of hydrogen-bond donors (Lipinski definition) is 0. The molecular weight excluding hydrogens is 309 g/mol. The van der Waals surface area contributed by atoms with Crippen molar-refractivity contribution < 1.29 is 9.47 Å². The SMILES string of the molecule is CCCC(COc1ccc(Cl)c(Cl)c1)CN1CCOCC1. The highest BCUT2D eigenvalue weighted by molar-refractivity contribution is 6.42. The van der Waals surface area contributed by atoms with Gasteiger partial charge in [0.2, 0.25) is 0 Å². The fourth-order valence-corrected chi connectivity index (χ4v) is 2.85. The first-order valence-corrected chi connectivity index (χ1v) is 8.32. The van der Waals surface area contributed by atoms with E-state index < -0.39 is 0 Å². The normalized spacial score (nSPS) is 17.7. The summed E-state index contributed by atoms with van der Waals surface area (Å²) in [7, 11) is 0. The van der Waals surface area contributed by atoms with Crippen molar-refractivity contribution in [3.63, 3.8) is 0 Å². The van der Waals surface area contributed by atoms with Crippen LogP contribution in [0.2, 0.25) is 10.0 Å². The lowest BCUT2D eigenvalue weighted by Crippen LogP contribution is -2.40. The average Bonchev–Trinajstić information content (AvgIpc) is 2.49. The van der Waals surface area contributed by atoms with Gasteiger partial charge in [-0.3, -0.25) is 4.90 Å². The van der Waals surface area contributed by atoms with Crippen molar-refractivity contribution in [1.29, 1.82) is 0 Å². The van der Waals surface area contributed by atoms with Crippen molar-refractivity contribution in [2.75, 3.05) is 39.5 Å². The summed E-state index contributed by atoms with van der Waals surface area (Å²) in [6.45, 7) is 7.71. The maximum absolute atomic E-state index is 6.01. The van der Waals surface area contributed by atoms with Crippen LogP contribution in [0.4, 0.5) is 0 Å². The topological polar surface area (TPSA) is 21.7 Å². The summed E-state index contributed by atoms with van der Waals surface area (Å²) < 4.78 is 11.3. The first-order chi connectivity index (χ1) is 10.2. The number of nitrogens with zero attached hydrogens (tertiary/aromatic N) is 1. The van der Waals surface area contributed by atoms with E-state index in [1.54, 1.807) is 12.1 Å². The number of ether oxygens (including phenoxy) is 2. The van der Waals surface area contributed by atoms with Gasteiger partial charge in [-0.25, -0.2) is 0 Å². The number of morpholine rings is 1. The van der Waals surface area contributed by atoms with E-state index in [0.29, 0.717) is 22.6 Å². The van der Waals surface area contributed by atoms with Crippen molar-refractivity contribution in [3.8, 4) is 5.75 Å². The average molecular weight is 332 g/mol. The summed E-state index contributed by atoms with van der Waals surface area (Å²) in [5.41, 5.74) is 0. The summed E-state index contributed by atoms with van der Waals surface area (Å²) in [6.07, 6.45) is 2.33. The van der Waals surface area contributed by atoms with Crippen molar-refractivity contribution in [3.05, 3.63) is 28.2 Å². The molecule has 1 atom stereocenters. The van der Waals surface area contributed by atoms with Crippen LogP contribution in [0.5, 0.6) is 5.75 Å². The molecule has 0 aliphatic carbocycles. The molecule has 5 heteroatoms. The Hall–Kier alpha value is -0.480. The van der Waals surface area contributed by atoms with Crippen LogP contribution in [-0.2, 0) is 4.74 Å². The van der Waals surface area contributed by atoms with Crippen LogP contribution in [0.25, 0.3) is 0 Å². The predicted molar refractivity (Wildman–Crippen MR) is 87.6 cm³/mol. The van der Waals surface area contributed by atoms with Gasteiger partial charge in [-0.1, -0.05) is 36.5 Å². The maximum Gasteiger partial charge on any atom is 0.120 e. The molecule has 0 amide bonds. The molecule has 0 saturated carbocycles. The third-order valence-electron chi connectivity index (χ3n) is 3.69. The molecule has 0 N–H and O–H groups in total. The molecule has 1 aromatic rings. The molecule has 3 nitrogen and oxygen atoms in total. The summed E-state index contributed by atoms with van der Waals surface area (Å²) in [5.74, 6) is 1.31. The Morgan fingerprint density at radius 3 is 2.67 bits per heavy atom. The zero-order valence-corrected chi connectivity index (χ0v) is 14.0. The standard InChI is InChI=1S/C16H23Cl2NO2/c1-2-3-13(11-19-6-8-20-9-7-19)12-21-14-4-5-15(17)16(18)10-14/h4-5,10,13H,2-3,6-9,11-12H2,1H3. The lowest BCUT2D eigenvalue weighted by Gasteiger charge is -2.30. The molecular formula is C16H23Cl2NO2. The van der Waals surface area contributed by atoms with Gasteiger partial charge < -0.3 is 9.47 Å². The van der Waals surface area contributed by atoms with Gasteiger partial charge in [0.1, 0.15) is 5.75 Å². The van der Waals surface area contributed by atoms with Crippen LogP contribution in [0.1, 0.15) is 19.8 Å². The minimum atomic E-state index is 0.530. The Balaban J connectivity index is 1.84. The van der Waals surface area contributed by atoms with Gasteiger partial charge in [0.05, 0.1) is 29.9 Å². The van der Waals surface area contributed by atoms with E-state index in [-0.39, 0.29) is 0 Å². The Labute approximate surface area is 137 Å². The van der Waals surface area contributed by atoms with Crippen molar-refractivity contribution in [2.24, 2.45) is 5.92 Å². The van der Waals surface area contributed by atoms with Crippen LogP contribution in [-0.4, -0.2) is 44.4 Å². The minimum Gasteiger partial charge on any atom is -0.493 e. The highest BCUT2D eigenvalue weighted by Crippen LogP contribution is 2.26. The quantitative estimate of drug-likeness (QED) is 0.750. The molecule has 2 rings (SSSR count). The molecule has 1 fully saturated rings. The summed E-state index contributed by atoms with van der Waals surface area (Å²) in [4.78, 5) is 2.46. The van der Waals surface area contributed by atoms with Gasteiger partial charge in [0, 0.05) is 31.6 Å². The number of hydrogen-bond acceptors (Lipinski definition) is 3. The van der Waals surface area contributed by atoms with E-state index >= 15 is 0 Å². The maximum atomic E-state index is 6.01. The monoisotopic (exact) mass is 331 g/mol. The number of rotatable bonds is 7. The lowest BCUT2D eigenvalue weighted by atomic mass is 10.0. The Morgan fingerprint density at radius 2 is 2.00 bits per heavy atom. The fourth-order valence-electron chi connectivity index (χ4n) is 2.57. The number of benzene rings is 1. The molecule has 1 heterocycles.